The van der Waals surface area contributed by atoms with Crippen LogP contribution in [0.5, 0.6) is 0 Å². The van der Waals surface area contributed by atoms with E-state index in [0.29, 0.717) is 12.1 Å². The summed E-state index contributed by atoms with van der Waals surface area (Å²) < 4.78 is 16.1. The van der Waals surface area contributed by atoms with Crippen LogP contribution in [-0.2, 0) is 49.6 Å². The molecule has 2 atom stereocenters. The van der Waals surface area contributed by atoms with Gasteiger partial charge in [0.05, 0.1) is 38.4 Å². The lowest BCUT2D eigenvalue weighted by Crippen LogP contribution is -2.54. The van der Waals surface area contributed by atoms with Crippen LogP contribution in [0, 0.1) is 11.3 Å². The zero-order valence-electron chi connectivity index (χ0n) is 29.4. The molecule has 1 aliphatic heterocycles. The fourth-order valence-corrected chi connectivity index (χ4v) is 4.40. The molecule has 2 rings (SSSR count). The average molecular weight is 703 g/mol. The van der Waals surface area contributed by atoms with Gasteiger partial charge in [-0.3, -0.25) is 33.7 Å². The summed E-state index contributed by atoms with van der Waals surface area (Å²) in [6.07, 6.45) is 2.85. The number of carbonyl (C=O) groups excluding carboxylic acids is 7. The van der Waals surface area contributed by atoms with E-state index in [1.54, 1.807) is 58.9 Å². The van der Waals surface area contributed by atoms with E-state index in [1.165, 1.54) is 12.2 Å². The quantitative estimate of drug-likeness (QED) is 0.0698. The minimum atomic E-state index is -1.01. The number of hydrogen-bond acceptors (Lipinski definition) is 10. The monoisotopic (exact) mass is 702 g/mol. The van der Waals surface area contributed by atoms with E-state index in [1.807, 2.05) is 0 Å². The van der Waals surface area contributed by atoms with Crippen molar-refractivity contribution in [2.24, 2.45) is 17.1 Å². The molecular formula is C34H50N6O10. The van der Waals surface area contributed by atoms with Crippen molar-refractivity contribution < 1.29 is 47.8 Å². The highest BCUT2D eigenvalue weighted by Crippen LogP contribution is 2.18. The van der Waals surface area contributed by atoms with Gasteiger partial charge in [-0.15, -0.1) is 0 Å². The van der Waals surface area contributed by atoms with Gasteiger partial charge in [0.15, 0.2) is 0 Å². The van der Waals surface area contributed by atoms with Crippen molar-refractivity contribution in [3.8, 4) is 0 Å². The van der Waals surface area contributed by atoms with E-state index in [9.17, 15) is 33.6 Å². The third-order valence-electron chi connectivity index (χ3n) is 7.28. The number of rotatable bonds is 21. The maximum Gasteiger partial charge on any atom is 0.312 e. The van der Waals surface area contributed by atoms with Crippen LogP contribution in [0.25, 0.3) is 0 Å². The van der Waals surface area contributed by atoms with Crippen LogP contribution >= 0.6 is 0 Å². The van der Waals surface area contributed by atoms with Gasteiger partial charge in [0, 0.05) is 30.8 Å². The third kappa shape index (κ3) is 15.2. The Balaban J connectivity index is 1.87. The Morgan fingerprint density at radius 3 is 2.06 bits per heavy atom. The lowest BCUT2D eigenvalue weighted by atomic mass is 9.97. The number of esters is 1. The van der Waals surface area contributed by atoms with E-state index >= 15 is 0 Å². The van der Waals surface area contributed by atoms with Crippen molar-refractivity contribution in [1.82, 2.24) is 20.9 Å². The Labute approximate surface area is 292 Å². The Morgan fingerprint density at radius 2 is 1.48 bits per heavy atom. The Bertz CT molecular complexity index is 1360. The number of benzene rings is 1. The zero-order valence-corrected chi connectivity index (χ0v) is 29.4. The number of nitrogens with zero attached hydrogens (tertiary/aromatic N) is 1. The minimum Gasteiger partial charge on any atom is -0.460 e. The molecule has 16 heteroatoms. The summed E-state index contributed by atoms with van der Waals surface area (Å²) >= 11 is 0. The number of nitrogens with one attached hydrogen (secondary N) is 4. The molecule has 276 valence electrons. The normalized spacial score (nSPS) is 13.9. The van der Waals surface area contributed by atoms with E-state index in [-0.39, 0.29) is 82.7 Å². The number of amides is 7. The molecule has 0 aliphatic carbocycles. The highest BCUT2D eigenvalue weighted by atomic mass is 16.5. The maximum absolute atomic E-state index is 13.3. The van der Waals surface area contributed by atoms with Crippen LogP contribution in [0.15, 0.2) is 36.4 Å². The van der Waals surface area contributed by atoms with Crippen LogP contribution in [0.4, 0.5) is 10.5 Å². The summed E-state index contributed by atoms with van der Waals surface area (Å²) in [5.41, 5.74) is 5.67. The molecule has 16 nitrogen and oxygen atoms in total. The Kier molecular flexibility index (Phi) is 17.1. The second-order valence-corrected chi connectivity index (χ2v) is 12.9. The second kappa shape index (κ2) is 20.6. The first-order valence-electron chi connectivity index (χ1n) is 16.5. The first-order chi connectivity index (χ1) is 23.6. The molecule has 1 aromatic carbocycles. The number of carbonyl (C=O) groups is 7. The van der Waals surface area contributed by atoms with Crippen molar-refractivity contribution >= 4 is 47.2 Å². The lowest BCUT2D eigenvalue weighted by molar-refractivity contribution is -0.154. The fourth-order valence-electron chi connectivity index (χ4n) is 4.40. The molecule has 0 radical (unpaired) electrons. The van der Waals surface area contributed by atoms with E-state index in [2.05, 4.69) is 21.3 Å². The first-order valence-corrected chi connectivity index (χ1v) is 16.5. The van der Waals surface area contributed by atoms with Gasteiger partial charge >= 0.3 is 12.0 Å². The number of imide groups is 1. The number of urea groups is 1. The number of anilines is 1. The predicted octanol–water partition coefficient (Wildman–Crippen LogP) is 1.14. The molecule has 0 bridgehead atoms. The molecule has 0 unspecified atom stereocenters. The largest absolute Gasteiger partial charge is 0.460 e. The molecule has 50 heavy (non-hydrogen) atoms. The van der Waals surface area contributed by atoms with Gasteiger partial charge in [-0.05, 0) is 57.2 Å². The van der Waals surface area contributed by atoms with Gasteiger partial charge in [-0.25, -0.2) is 4.79 Å². The van der Waals surface area contributed by atoms with Gasteiger partial charge in [-0.1, -0.05) is 26.0 Å². The lowest BCUT2D eigenvalue weighted by Gasteiger charge is -2.25. The highest BCUT2D eigenvalue weighted by molar-refractivity contribution is 6.12. The number of hydrogen-bond donors (Lipinski definition) is 5. The summed E-state index contributed by atoms with van der Waals surface area (Å²) in [5.74, 6) is -2.93. The molecule has 1 aromatic rings. The molecule has 7 amide bonds. The Morgan fingerprint density at radius 1 is 0.860 bits per heavy atom. The summed E-state index contributed by atoms with van der Waals surface area (Å²) in [5, 5.41) is 10.6. The number of primary amides is 1. The minimum absolute atomic E-state index is 0.0347. The fraction of sp³-hybridized carbons (Fsp3) is 0.559. The number of ether oxygens (including phenoxy) is 3. The topological polar surface area (TPSA) is 225 Å². The van der Waals surface area contributed by atoms with Gasteiger partial charge in [0.1, 0.15) is 18.7 Å². The first kappa shape index (κ1) is 41.3. The zero-order chi connectivity index (χ0) is 37.3. The van der Waals surface area contributed by atoms with Crippen LogP contribution in [0.1, 0.15) is 59.4 Å². The van der Waals surface area contributed by atoms with Crippen molar-refractivity contribution in [1.29, 1.82) is 0 Å². The summed E-state index contributed by atoms with van der Waals surface area (Å²) in [6, 6.07) is 4.03. The standard InChI is InChI=1S/C34H50N6O10/c1-22(2)29(39-26(41)14-17-48-19-20-49-18-16-40-27(42)12-13-28(40)43)31(45)38-25(7-6-15-36-33(35)47)30(44)37-24-10-8-23(9-11-24)21-50-32(46)34(3,4)5/h8-13,22,25,29H,6-7,14-21H2,1-5H3,(H,37,44)(H,38,45)(H,39,41)(H3,35,36,47)/t25-,29-/m0/s1. The van der Waals surface area contributed by atoms with Crippen LogP contribution in [0.2, 0.25) is 0 Å². The maximum atomic E-state index is 13.3. The molecule has 0 aromatic heterocycles. The van der Waals surface area contributed by atoms with Crippen molar-refractivity contribution in [2.45, 2.75) is 72.6 Å². The molecule has 0 saturated heterocycles. The van der Waals surface area contributed by atoms with Gasteiger partial charge < -0.3 is 41.2 Å². The molecule has 0 fully saturated rings. The van der Waals surface area contributed by atoms with Crippen molar-refractivity contribution in [3.05, 3.63) is 42.0 Å². The van der Waals surface area contributed by atoms with Crippen LogP contribution in [-0.4, -0.2) is 98.0 Å². The summed E-state index contributed by atoms with van der Waals surface area (Å²) in [6.45, 7) is 9.75. The molecule has 0 saturated carbocycles. The van der Waals surface area contributed by atoms with Crippen molar-refractivity contribution in [2.75, 3.05) is 44.8 Å². The van der Waals surface area contributed by atoms with E-state index < -0.39 is 41.3 Å². The van der Waals surface area contributed by atoms with Gasteiger partial charge in [-0.2, -0.15) is 0 Å². The van der Waals surface area contributed by atoms with E-state index in [4.69, 9.17) is 19.9 Å². The summed E-state index contributed by atoms with van der Waals surface area (Å²) in [4.78, 5) is 86.6. The molecule has 1 aliphatic rings. The Hall–Kier alpha value is -4.83. The summed E-state index contributed by atoms with van der Waals surface area (Å²) in [7, 11) is 0. The second-order valence-electron chi connectivity index (χ2n) is 12.9. The number of nitrogens with two attached hydrogens (primary N) is 1. The van der Waals surface area contributed by atoms with Gasteiger partial charge in [0.2, 0.25) is 17.7 Å². The van der Waals surface area contributed by atoms with Crippen molar-refractivity contribution in [3.63, 3.8) is 0 Å². The molecule has 6 N–H and O–H groups in total. The molecule has 0 spiro atoms. The SMILES string of the molecule is CC(C)[C@H](NC(=O)CCOCCOCCN1C(=O)C=CC1=O)C(=O)N[C@@H](CCCNC(N)=O)C(=O)Nc1ccc(COC(=O)C(C)(C)C)cc1. The van der Waals surface area contributed by atoms with Crippen LogP contribution < -0.4 is 27.0 Å². The molecular weight excluding hydrogens is 652 g/mol. The van der Waals surface area contributed by atoms with E-state index in [0.717, 1.165) is 10.5 Å². The highest BCUT2D eigenvalue weighted by Gasteiger charge is 2.29. The van der Waals surface area contributed by atoms with Gasteiger partial charge in [0.25, 0.3) is 11.8 Å². The smallest absolute Gasteiger partial charge is 0.312 e. The molecule has 1 heterocycles. The predicted molar refractivity (Wildman–Crippen MR) is 182 cm³/mol. The average Bonchev–Trinajstić information content (AvgIpc) is 3.37. The van der Waals surface area contributed by atoms with Crippen LogP contribution in [0.3, 0.4) is 0 Å². The third-order valence-corrected chi connectivity index (χ3v) is 7.28.